The van der Waals surface area contributed by atoms with Gasteiger partial charge in [0, 0.05) is 47.8 Å². The summed E-state index contributed by atoms with van der Waals surface area (Å²) >= 11 is 9.83. The van der Waals surface area contributed by atoms with Gasteiger partial charge in [0.1, 0.15) is 0 Å². The molecule has 0 aromatic heterocycles. The maximum atomic E-state index is 14.0. The highest BCUT2D eigenvalue weighted by Crippen LogP contribution is 2.55. The Morgan fingerprint density at radius 3 is 2.14 bits per heavy atom. The van der Waals surface area contributed by atoms with E-state index in [0.717, 1.165) is 42.8 Å². The lowest BCUT2D eigenvalue weighted by Crippen LogP contribution is -2.44. The van der Waals surface area contributed by atoms with Gasteiger partial charge in [-0.3, -0.25) is 14.4 Å². The van der Waals surface area contributed by atoms with Crippen molar-refractivity contribution in [3.63, 3.8) is 0 Å². The number of para-hydroxylation sites is 1. The fourth-order valence-electron chi connectivity index (χ4n) is 6.81. The number of anilines is 1. The predicted octanol–water partition coefficient (Wildman–Crippen LogP) is 8.22. The number of benzene rings is 2. The van der Waals surface area contributed by atoms with Gasteiger partial charge in [-0.25, -0.2) is 0 Å². The lowest BCUT2D eigenvalue weighted by atomic mass is 9.63. The Labute approximate surface area is 273 Å². The van der Waals surface area contributed by atoms with Crippen LogP contribution in [-0.4, -0.2) is 42.6 Å². The normalized spacial score (nSPS) is 19.5. The van der Waals surface area contributed by atoms with E-state index in [1.165, 1.54) is 7.11 Å². The molecule has 1 aliphatic heterocycles. The van der Waals surface area contributed by atoms with E-state index >= 15 is 0 Å². The molecule has 2 aromatic rings. The van der Waals surface area contributed by atoms with Gasteiger partial charge >= 0.3 is 0 Å². The molecule has 0 saturated carbocycles. The fourth-order valence-corrected chi connectivity index (χ4v) is 7.56. The number of carbonyl (C=O) groups excluding carboxylic acids is 3. The Kier molecular flexibility index (Phi) is 9.07. The molecule has 7 nitrogen and oxygen atoms in total. The summed E-state index contributed by atoms with van der Waals surface area (Å²) in [5.74, 6) is 0.0197. The Hall–Kier alpha value is -3.10. The van der Waals surface area contributed by atoms with E-state index in [1.807, 2.05) is 12.1 Å². The average molecular weight is 684 g/mol. The topological polar surface area (TPSA) is 84.9 Å². The van der Waals surface area contributed by atoms with Crippen LogP contribution >= 0.6 is 27.5 Å². The number of hydrogen-bond acceptors (Lipinski definition) is 6. The van der Waals surface area contributed by atoms with Crippen LogP contribution in [0.3, 0.4) is 0 Å². The maximum Gasteiger partial charge on any atom is 0.262 e. The van der Waals surface area contributed by atoms with Crippen molar-refractivity contribution >= 4 is 50.7 Å². The first-order valence-electron chi connectivity index (χ1n) is 15.1. The lowest BCUT2D eigenvalue weighted by Gasteiger charge is -2.49. The summed E-state index contributed by atoms with van der Waals surface area (Å²) in [4.78, 5) is 43.0. The number of hydrogen-bond donors (Lipinski definition) is 1. The van der Waals surface area contributed by atoms with E-state index in [1.54, 1.807) is 24.3 Å². The zero-order valence-corrected chi connectivity index (χ0v) is 28.6. The van der Waals surface area contributed by atoms with Crippen molar-refractivity contribution in [2.45, 2.75) is 72.6 Å². The van der Waals surface area contributed by atoms with E-state index < -0.39 is 5.92 Å². The van der Waals surface area contributed by atoms with E-state index in [4.69, 9.17) is 21.1 Å². The standard InChI is InChI=1S/C35H40BrClN2O5/c1-7-12-39-24-15-34(2,3)17-26(40)31(24)30(32-25(39)16-35(4,5)18-27(32)41)20-13-21(36)33(28(14-20)43-6)44-19-29(42)38-23-11-9-8-10-22(23)37/h8-11,13-14,30H,7,12,15-19H2,1-6H3,(H,38,42). The van der Waals surface area contributed by atoms with Crippen molar-refractivity contribution in [1.29, 1.82) is 0 Å². The molecular formula is C35H40BrClN2O5. The summed E-state index contributed by atoms with van der Waals surface area (Å²) in [5.41, 5.74) is 4.41. The molecule has 2 aromatic carbocycles. The van der Waals surface area contributed by atoms with Gasteiger partial charge in [0.15, 0.2) is 29.7 Å². The third-order valence-corrected chi connectivity index (χ3v) is 9.47. The third-order valence-electron chi connectivity index (χ3n) is 8.55. The first kappa shape index (κ1) is 32.3. The summed E-state index contributed by atoms with van der Waals surface area (Å²) in [5, 5.41) is 3.18. The Bertz CT molecular complexity index is 1540. The van der Waals surface area contributed by atoms with E-state index in [2.05, 4.69) is 60.8 Å². The number of allylic oxidation sites excluding steroid dienone is 4. The van der Waals surface area contributed by atoms with Crippen LogP contribution in [-0.2, 0) is 14.4 Å². The molecule has 44 heavy (non-hydrogen) atoms. The molecule has 0 radical (unpaired) electrons. The number of amides is 1. The number of Topliss-reactive ketones (excluding diaryl/α,β-unsaturated/α-hetero) is 2. The van der Waals surface area contributed by atoms with Gasteiger partial charge in [-0.15, -0.1) is 0 Å². The van der Waals surface area contributed by atoms with Crippen LogP contribution in [0.5, 0.6) is 11.5 Å². The van der Waals surface area contributed by atoms with Crippen LogP contribution in [0.1, 0.15) is 78.2 Å². The van der Waals surface area contributed by atoms with E-state index in [9.17, 15) is 14.4 Å². The lowest BCUT2D eigenvalue weighted by molar-refractivity contribution is -0.120. The first-order chi connectivity index (χ1) is 20.7. The molecule has 5 rings (SSSR count). The summed E-state index contributed by atoms with van der Waals surface area (Å²) < 4.78 is 12.3. The van der Waals surface area contributed by atoms with Gasteiger partial charge in [-0.05, 0) is 75.9 Å². The summed E-state index contributed by atoms with van der Waals surface area (Å²) in [6.07, 6.45) is 3.26. The predicted molar refractivity (Wildman–Crippen MR) is 176 cm³/mol. The Balaban J connectivity index is 1.57. The Morgan fingerprint density at radius 1 is 1.00 bits per heavy atom. The van der Waals surface area contributed by atoms with Crippen molar-refractivity contribution in [2.75, 3.05) is 25.6 Å². The van der Waals surface area contributed by atoms with Gasteiger partial charge in [0.25, 0.3) is 5.91 Å². The molecule has 0 saturated heterocycles. The largest absolute Gasteiger partial charge is 0.493 e. The van der Waals surface area contributed by atoms with Crippen LogP contribution in [0.4, 0.5) is 5.69 Å². The van der Waals surface area contributed by atoms with Gasteiger partial charge in [-0.1, -0.05) is 58.4 Å². The second-order valence-electron chi connectivity index (χ2n) is 13.5. The monoisotopic (exact) mass is 682 g/mol. The number of nitrogens with zero attached hydrogens (tertiary/aromatic N) is 1. The molecule has 234 valence electrons. The summed E-state index contributed by atoms with van der Waals surface area (Å²) in [6.45, 7) is 11.2. The fraction of sp³-hybridized carbons (Fsp3) is 0.457. The number of ketones is 2. The van der Waals surface area contributed by atoms with Crippen LogP contribution in [0.15, 0.2) is 63.4 Å². The van der Waals surface area contributed by atoms with E-state index in [0.29, 0.717) is 50.7 Å². The van der Waals surface area contributed by atoms with Crippen molar-refractivity contribution in [3.8, 4) is 11.5 Å². The molecule has 0 atom stereocenters. The molecule has 1 amide bonds. The molecule has 2 aliphatic carbocycles. The number of methoxy groups -OCH3 is 1. The minimum Gasteiger partial charge on any atom is -0.493 e. The second-order valence-corrected chi connectivity index (χ2v) is 14.8. The molecule has 0 fully saturated rings. The highest BCUT2D eigenvalue weighted by Gasteiger charge is 2.49. The molecule has 0 unspecified atom stereocenters. The molecule has 0 bridgehead atoms. The SMILES string of the molecule is CCCN1C2=C(C(=O)CC(C)(C)C2)C(c2cc(Br)c(OCC(=O)Nc3ccccc3Cl)c(OC)c2)C2=C1CC(C)(C)CC2=O. The van der Waals surface area contributed by atoms with E-state index in [-0.39, 0.29) is 34.9 Å². The molecule has 1 heterocycles. The number of halogens is 2. The van der Waals surface area contributed by atoms with Crippen LogP contribution in [0.25, 0.3) is 0 Å². The smallest absolute Gasteiger partial charge is 0.262 e. The highest BCUT2D eigenvalue weighted by molar-refractivity contribution is 9.10. The number of rotatable bonds is 8. The molecule has 0 spiro atoms. The minimum atomic E-state index is -0.511. The minimum absolute atomic E-state index is 0.0817. The highest BCUT2D eigenvalue weighted by atomic mass is 79.9. The van der Waals surface area contributed by atoms with Crippen LogP contribution in [0.2, 0.25) is 5.02 Å². The van der Waals surface area contributed by atoms with Crippen molar-refractivity contribution < 1.29 is 23.9 Å². The molecule has 9 heteroatoms. The zero-order chi connectivity index (χ0) is 32.0. The summed E-state index contributed by atoms with van der Waals surface area (Å²) in [7, 11) is 1.53. The molecule has 3 aliphatic rings. The van der Waals surface area contributed by atoms with Crippen molar-refractivity contribution in [3.05, 3.63) is 74.0 Å². The van der Waals surface area contributed by atoms with Crippen molar-refractivity contribution in [1.82, 2.24) is 4.90 Å². The van der Waals surface area contributed by atoms with Crippen LogP contribution in [0, 0.1) is 10.8 Å². The van der Waals surface area contributed by atoms with Crippen LogP contribution < -0.4 is 14.8 Å². The maximum absolute atomic E-state index is 14.0. The number of carbonyl (C=O) groups is 3. The van der Waals surface area contributed by atoms with Gasteiger partial charge in [0.2, 0.25) is 0 Å². The average Bonchev–Trinajstić information content (AvgIpc) is 2.92. The molecule has 1 N–H and O–H groups in total. The second kappa shape index (κ2) is 12.4. The zero-order valence-electron chi connectivity index (χ0n) is 26.2. The van der Waals surface area contributed by atoms with Gasteiger partial charge < -0.3 is 19.7 Å². The first-order valence-corrected chi connectivity index (χ1v) is 16.3. The number of ether oxygens (including phenoxy) is 2. The van der Waals surface area contributed by atoms with Gasteiger partial charge in [0.05, 0.1) is 22.3 Å². The number of nitrogens with one attached hydrogen (secondary N) is 1. The van der Waals surface area contributed by atoms with Gasteiger partial charge in [-0.2, -0.15) is 0 Å². The quantitative estimate of drug-likeness (QED) is 0.302. The third kappa shape index (κ3) is 6.34. The molecular weight excluding hydrogens is 644 g/mol. The summed E-state index contributed by atoms with van der Waals surface area (Å²) in [6, 6.07) is 10.7. The van der Waals surface area contributed by atoms with Crippen molar-refractivity contribution in [2.24, 2.45) is 10.8 Å². The Morgan fingerprint density at radius 2 is 1.59 bits per heavy atom.